The largest absolute Gasteiger partial charge is 0.387 e. The van der Waals surface area contributed by atoms with Crippen LogP contribution in [0.2, 0.25) is 0 Å². The summed E-state index contributed by atoms with van der Waals surface area (Å²) in [4.78, 5) is 0. The minimum Gasteiger partial charge on any atom is -0.387 e. The second-order valence-electron chi connectivity index (χ2n) is 4.09. The summed E-state index contributed by atoms with van der Waals surface area (Å²) >= 11 is 0. The van der Waals surface area contributed by atoms with Gasteiger partial charge in [-0.3, -0.25) is 0 Å². The van der Waals surface area contributed by atoms with Gasteiger partial charge in [0.05, 0.1) is 0 Å². The van der Waals surface area contributed by atoms with Gasteiger partial charge in [0.25, 0.3) is 0 Å². The molecule has 2 aliphatic rings. The first-order valence-electron chi connectivity index (χ1n) is 5.00. The molecule has 0 aromatic heterocycles. The molecule has 0 aromatic rings. The highest BCUT2D eigenvalue weighted by Gasteiger charge is 2.53. The normalized spacial score (nSPS) is 43.7. The fraction of sp³-hybridized carbons (Fsp3) is 0.800. The Balaban J connectivity index is 2.23. The molecule has 4 atom stereocenters. The molecule has 0 radical (unpaired) electrons. The lowest BCUT2D eigenvalue weighted by molar-refractivity contribution is -0.320. The van der Waals surface area contributed by atoms with Crippen molar-refractivity contribution in [2.24, 2.45) is 0 Å². The van der Waals surface area contributed by atoms with Crippen LogP contribution in [0.4, 0.5) is 0 Å². The summed E-state index contributed by atoms with van der Waals surface area (Å²) in [5.41, 5.74) is -0.729. The molecule has 3 N–H and O–H groups in total. The van der Waals surface area contributed by atoms with Crippen molar-refractivity contribution in [3.05, 3.63) is 12.2 Å². The predicted molar refractivity (Wildman–Crippen MR) is 51.0 cm³/mol. The Morgan fingerprint density at radius 2 is 1.80 bits per heavy atom. The number of aliphatic hydroxyl groups excluding tert-OH is 3. The number of aliphatic hydroxyl groups is 3. The first-order valence-corrected chi connectivity index (χ1v) is 5.00. The SMILES string of the molecule is CO[C@@H]1[C@@H](O)[C@@H](O)C(O)OC12CC=CC2. The maximum Gasteiger partial charge on any atom is 0.184 e. The highest BCUT2D eigenvalue weighted by molar-refractivity contribution is 5.12. The van der Waals surface area contributed by atoms with Gasteiger partial charge in [-0.25, -0.2) is 0 Å². The zero-order chi connectivity index (χ0) is 11.1. The Morgan fingerprint density at radius 3 is 2.33 bits per heavy atom. The van der Waals surface area contributed by atoms with E-state index >= 15 is 0 Å². The van der Waals surface area contributed by atoms with E-state index in [1.807, 2.05) is 12.2 Å². The third-order valence-corrected chi connectivity index (χ3v) is 3.17. The molecule has 0 amide bonds. The van der Waals surface area contributed by atoms with Crippen LogP contribution in [0.5, 0.6) is 0 Å². The standard InChI is InChI=1S/C10H16O5/c1-14-8-6(11)7(12)9(13)15-10(8)4-2-3-5-10/h2-3,6-9,11-13H,4-5H2,1H3/t6-,7+,8+,9?/m0/s1. The quantitative estimate of drug-likeness (QED) is 0.498. The van der Waals surface area contributed by atoms with Gasteiger partial charge in [-0.05, 0) is 12.8 Å². The van der Waals surface area contributed by atoms with Crippen molar-refractivity contribution in [2.75, 3.05) is 7.11 Å². The van der Waals surface area contributed by atoms with Crippen molar-refractivity contribution in [3.63, 3.8) is 0 Å². The van der Waals surface area contributed by atoms with E-state index in [-0.39, 0.29) is 0 Å². The average molecular weight is 216 g/mol. The van der Waals surface area contributed by atoms with Gasteiger partial charge in [-0.2, -0.15) is 0 Å². The zero-order valence-electron chi connectivity index (χ0n) is 8.54. The molecule has 86 valence electrons. The van der Waals surface area contributed by atoms with E-state index < -0.39 is 30.2 Å². The molecule has 1 aliphatic heterocycles. The van der Waals surface area contributed by atoms with Gasteiger partial charge in [0.2, 0.25) is 0 Å². The Kier molecular flexibility index (Phi) is 2.83. The smallest absolute Gasteiger partial charge is 0.184 e. The van der Waals surface area contributed by atoms with Crippen LogP contribution >= 0.6 is 0 Å². The van der Waals surface area contributed by atoms with Crippen LogP contribution in [-0.2, 0) is 9.47 Å². The van der Waals surface area contributed by atoms with Crippen molar-refractivity contribution < 1.29 is 24.8 Å². The molecule has 2 rings (SSSR count). The van der Waals surface area contributed by atoms with E-state index in [1.54, 1.807) is 0 Å². The van der Waals surface area contributed by atoms with Crippen molar-refractivity contribution in [1.82, 2.24) is 0 Å². The van der Waals surface area contributed by atoms with Gasteiger partial charge in [0, 0.05) is 7.11 Å². The number of methoxy groups -OCH3 is 1. The third-order valence-electron chi connectivity index (χ3n) is 3.17. The Morgan fingerprint density at radius 1 is 1.20 bits per heavy atom. The molecule has 1 aliphatic carbocycles. The summed E-state index contributed by atoms with van der Waals surface area (Å²) in [6.45, 7) is 0. The molecular weight excluding hydrogens is 200 g/mol. The van der Waals surface area contributed by atoms with Crippen LogP contribution in [-0.4, -0.2) is 52.6 Å². The molecule has 5 heteroatoms. The van der Waals surface area contributed by atoms with Crippen molar-refractivity contribution in [2.45, 2.75) is 43.0 Å². The summed E-state index contributed by atoms with van der Waals surface area (Å²) in [6.07, 6.45) is 0.572. The molecule has 1 unspecified atom stereocenters. The zero-order valence-corrected chi connectivity index (χ0v) is 8.54. The fourth-order valence-electron chi connectivity index (χ4n) is 2.37. The van der Waals surface area contributed by atoms with Crippen LogP contribution in [0.3, 0.4) is 0 Å². The van der Waals surface area contributed by atoms with Gasteiger partial charge >= 0.3 is 0 Å². The first-order chi connectivity index (χ1) is 7.10. The average Bonchev–Trinajstić information content (AvgIpc) is 2.65. The fourth-order valence-corrected chi connectivity index (χ4v) is 2.37. The van der Waals surface area contributed by atoms with Crippen molar-refractivity contribution in [3.8, 4) is 0 Å². The Hall–Kier alpha value is -0.460. The van der Waals surface area contributed by atoms with Gasteiger partial charge in [-0.1, -0.05) is 12.2 Å². The summed E-state index contributed by atoms with van der Waals surface area (Å²) in [7, 11) is 1.46. The van der Waals surface area contributed by atoms with Crippen LogP contribution in [0, 0.1) is 0 Å². The van der Waals surface area contributed by atoms with Crippen LogP contribution in [0.25, 0.3) is 0 Å². The van der Waals surface area contributed by atoms with Crippen LogP contribution in [0.15, 0.2) is 12.2 Å². The predicted octanol–water partition coefficient (Wildman–Crippen LogP) is -0.839. The van der Waals surface area contributed by atoms with E-state index in [0.29, 0.717) is 12.8 Å². The second-order valence-corrected chi connectivity index (χ2v) is 4.09. The molecule has 15 heavy (non-hydrogen) atoms. The van der Waals surface area contributed by atoms with Gasteiger partial charge in [-0.15, -0.1) is 0 Å². The lowest BCUT2D eigenvalue weighted by Crippen LogP contribution is -2.64. The Bertz CT molecular complexity index is 257. The molecule has 0 saturated carbocycles. The van der Waals surface area contributed by atoms with Gasteiger partial charge < -0.3 is 24.8 Å². The molecule has 1 heterocycles. The first kappa shape index (κ1) is 11.0. The highest BCUT2D eigenvalue weighted by Crippen LogP contribution is 2.39. The second kappa shape index (κ2) is 3.84. The topological polar surface area (TPSA) is 79.2 Å². The monoisotopic (exact) mass is 216 g/mol. The van der Waals surface area contributed by atoms with Gasteiger partial charge in [0.15, 0.2) is 6.29 Å². The summed E-state index contributed by atoms with van der Waals surface area (Å²) in [6, 6.07) is 0. The third kappa shape index (κ3) is 1.60. The number of hydrogen-bond acceptors (Lipinski definition) is 5. The van der Waals surface area contributed by atoms with Crippen LogP contribution in [0.1, 0.15) is 12.8 Å². The van der Waals surface area contributed by atoms with Gasteiger partial charge in [0.1, 0.15) is 23.9 Å². The minimum atomic E-state index is -1.36. The summed E-state index contributed by atoms with van der Waals surface area (Å²) in [5, 5.41) is 28.7. The molecule has 5 nitrogen and oxygen atoms in total. The van der Waals surface area contributed by atoms with E-state index in [4.69, 9.17) is 9.47 Å². The molecule has 1 fully saturated rings. The van der Waals surface area contributed by atoms with E-state index in [1.165, 1.54) is 7.11 Å². The van der Waals surface area contributed by atoms with E-state index in [0.717, 1.165) is 0 Å². The van der Waals surface area contributed by atoms with E-state index in [2.05, 4.69) is 0 Å². The summed E-state index contributed by atoms with van der Waals surface area (Å²) in [5.74, 6) is 0. The van der Waals surface area contributed by atoms with Crippen molar-refractivity contribution >= 4 is 0 Å². The summed E-state index contributed by atoms with van der Waals surface area (Å²) < 4.78 is 10.6. The highest BCUT2D eigenvalue weighted by atomic mass is 16.7. The van der Waals surface area contributed by atoms with Crippen LogP contribution < -0.4 is 0 Å². The maximum absolute atomic E-state index is 9.79. The number of rotatable bonds is 1. The number of ether oxygens (including phenoxy) is 2. The molecule has 1 spiro atoms. The lowest BCUT2D eigenvalue weighted by atomic mass is 9.84. The molecular formula is C10H16O5. The number of hydrogen-bond donors (Lipinski definition) is 3. The van der Waals surface area contributed by atoms with E-state index in [9.17, 15) is 15.3 Å². The van der Waals surface area contributed by atoms with Crippen molar-refractivity contribution in [1.29, 1.82) is 0 Å². The lowest BCUT2D eigenvalue weighted by Gasteiger charge is -2.47. The Labute approximate surface area is 87.9 Å². The maximum atomic E-state index is 9.79. The molecule has 1 saturated heterocycles. The minimum absolute atomic E-state index is 0.576. The molecule has 0 bridgehead atoms. The molecule has 0 aromatic carbocycles.